The number of nitrogens with zero attached hydrogens (tertiary/aromatic N) is 3. The van der Waals surface area contributed by atoms with E-state index in [4.69, 9.17) is 0 Å². The zero-order valence-electron chi connectivity index (χ0n) is 15.6. The van der Waals surface area contributed by atoms with Crippen LogP contribution in [-0.4, -0.2) is 21.6 Å². The maximum atomic E-state index is 12.5. The third-order valence-corrected chi connectivity index (χ3v) is 7.10. The van der Waals surface area contributed by atoms with E-state index in [1.807, 2.05) is 31.2 Å². The van der Waals surface area contributed by atoms with E-state index in [0.29, 0.717) is 10.6 Å². The highest BCUT2D eigenvalue weighted by Crippen LogP contribution is 2.37. The molecule has 0 saturated heterocycles. The van der Waals surface area contributed by atoms with Crippen molar-refractivity contribution in [3.05, 3.63) is 46.0 Å². The zero-order valence-corrected chi connectivity index (χ0v) is 17.3. The predicted octanol–water partition coefficient (Wildman–Crippen LogP) is 4.87. The number of thiophene rings is 1. The Morgan fingerprint density at radius 3 is 2.75 bits per heavy atom. The summed E-state index contributed by atoms with van der Waals surface area (Å²) < 4.78 is 0. The van der Waals surface area contributed by atoms with Crippen molar-refractivity contribution in [1.82, 2.24) is 9.97 Å². The van der Waals surface area contributed by atoms with Crippen molar-refractivity contribution in [2.75, 3.05) is 11.1 Å². The first kappa shape index (κ1) is 18.9. The molecule has 142 valence electrons. The third kappa shape index (κ3) is 3.89. The topological polar surface area (TPSA) is 78.7 Å². The number of para-hydroxylation sites is 2. The Bertz CT molecular complexity index is 1080. The number of fused-ring (bicyclic) bond motifs is 2. The fraction of sp³-hybridized carbons (Fsp3) is 0.333. The fourth-order valence-electron chi connectivity index (χ4n) is 3.45. The van der Waals surface area contributed by atoms with Crippen molar-refractivity contribution in [3.8, 4) is 6.07 Å². The van der Waals surface area contributed by atoms with Gasteiger partial charge >= 0.3 is 0 Å². The lowest BCUT2D eigenvalue weighted by Gasteiger charge is -2.07. The van der Waals surface area contributed by atoms with Crippen LogP contribution in [0.2, 0.25) is 0 Å². The average molecular weight is 409 g/mol. The number of hydrogen-bond donors (Lipinski definition) is 1. The molecule has 3 aromatic rings. The Morgan fingerprint density at radius 2 is 1.96 bits per heavy atom. The first-order chi connectivity index (χ1) is 13.7. The highest BCUT2D eigenvalue weighted by Gasteiger charge is 2.21. The summed E-state index contributed by atoms with van der Waals surface area (Å²) >= 11 is 2.94. The van der Waals surface area contributed by atoms with E-state index >= 15 is 0 Å². The average Bonchev–Trinajstić information content (AvgIpc) is 2.85. The maximum absolute atomic E-state index is 12.5. The van der Waals surface area contributed by atoms with Crippen molar-refractivity contribution in [2.24, 2.45) is 0 Å². The number of thioether (sulfide) groups is 1. The van der Waals surface area contributed by atoms with Crippen LogP contribution in [0.15, 0.2) is 29.3 Å². The summed E-state index contributed by atoms with van der Waals surface area (Å²) in [5.41, 5.74) is 4.29. The summed E-state index contributed by atoms with van der Waals surface area (Å²) in [5.74, 6) is 0.119. The fourth-order valence-corrected chi connectivity index (χ4v) is 5.47. The van der Waals surface area contributed by atoms with Crippen LogP contribution in [0.25, 0.3) is 11.0 Å². The molecule has 0 fully saturated rings. The lowest BCUT2D eigenvalue weighted by Crippen LogP contribution is -2.14. The molecular formula is C21H20N4OS2. The van der Waals surface area contributed by atoms with Crippen molar-refractivity contribution in [1.29, 1.82) is 5.26 Å². The second-order valence-electron chi connectivity index (χ2n) is 6.82. The predicted molar refractivity (Wildman–Crippen MR) is 114 cm³/mol. The molecule has 1 aliphatic carbocycles. The molecule has 0 spiro atoms. The minimum absolute atomic E-state index is 0.118. The van der Waals surface area contributed by atoms with E-state index in [2.05, 4.69) is 21.4 Å². The van der Waals surface area contributed by atoms with Gasteiger partial charge in [0, 0.05) is 4.88 Å². The highest BCUT2D eigenvalue weighted by molar-refractivity contribution is 8.00. The van der Waals surface area contributed by atoms with Gasteiger partial charge in [0.15, 0.2) is 0 Å². The Balaban J connectivity index is 1.47. The maximum Gasteiger partial charge on any atom is 0.235 e. The van der Waals surface area contributed by atoms with Crippen LogP contribution >= 0.6 is 23.1 Å². The number of anilines is 1. The second-order valence-corrected chi connectivity index (χ2v) is 8.89. The zero-order chi connectivity index (χ0) is 19.5. The molecule has 2 heterocycles. The first-order valence-electron chi connectivity index (χ1n) is 9.36. The number of aryl methyl sites for hydroxylation is 2. The Morgan fingerprint density at radius 1 is 1.21 bits per heavy atom. The molecule has 0 atom stereocenters. The third-order valence-electron chi connectivity index (χ3n) is 4.83. The summed E-state index contributed by atoms with van der Waals surface area (Å²) in [6.07, 6.45) is 5.41. The molecule has 4 rings (SSSR count). The van der Waals surface area contributed by atoms with E-state index in [1.165, 1.54) is 23.1 Å². The molecule has 5 nitrogen and oxygen atoms in total. The molecule has 0 unspecified atom stereocenters. The Labute approximate surface area is 172 Å². The molecule has 2 aromatic heterocycles. The standard InChI is InChI=1S/C21H20N4OS2/c1-13-20(24-17-9-6-5-8-16(17)23-13)27-12-19(26)25-21-15(11-22)14-7-3-2-4-10-18(14)28-21/h5-6,8-9H,2-4,7,10,12H2,1H3,(H,25,26). The van der Waals surface area contributed by atoms with Gasteiger partial charge in [-0.15, -0.1) is 11.3 Å². The van der Waals surface area contributed by atoms with Crippen LogP contribution in [0.5, 0.6) is 0 Å². The van der Waals surface area contributed by atoms with Crippen molar-refractivity contribution < 1.29 is 4.79 Å². The van der Waals surface area contributed by atoms with Gasteiger partial charge in [-0.25, -0.2) is 9.97 Å². The number of hydrogen-bond acceptors (Lipinski definition) is 6. The van der Waals surface area contributed by atoms with Gasteiger partial charge in [-0.1, -0.05) is 30.3 Å². The van der Waals surface area contributed by atoms with Gasteiger partial charge in [-0.3, -0.25) is 4.79 Å². The molecule has 28 heavy (non-hydrogen) atoms. The number of carbonyl (C=O) groups is 1. The molecule has 0 bridgehead atoms. The van der Waals surface area contributed by atoms with Crippen LogP contribution in [0.1, 0.15) is 41.0 Å². The van der Waals surface area contributed by atoms with Crippen LogP contribution in [0, 0.1) is 18.3 Å². The molecule has 0 aliphatic heterocycles. The van der Waals surface area contributed by atoms with Gasteiger partial charge in [0.05, 0.1) is 28.0 Å². The number of carbonyl (C=O) groups excluding carboxylic acids is 1. The molecule has 7 heteroatoms. The number of nitrogens with one attached hydrogen (secondary N) is 1. The van der Waals surface area contributed by atoms with Crippen molar-refractivity contribution >= 4 is 45.0 Å². The SMILES string of the molecule is Cc1nc2ccccc2nc1SCC(=O)Nc1sc2c(c1C#N)CCCCC2. The van der Waals surface area contributed by atoms with E-state index in [-0.39, 0.29) is 11.7 Å². The van der Waals surface area contributed by atoms with Gasteiger partial charge in [-0.05, 0) is 50.3 Å². The van der Waals surface area contributed by atoms with Crippen LogP contribution in [-0.2, 0) is 17.6 Å². The lowest BCUT2D eigenvalue weighted by molar-refractivity contribution is -0.113. The minimum Gasteiger partial charge on any atom is -0.316 e. The number of benzene rings is 1. The second kappa shape index (κ2) is 8.29. The summed E-state index contributed by atoms with van der Waals surface area (Å²) in [6.45, 7) is 1.91. The summed E-state index contributed by atoms with van der Waals surface area (Å²) in [4.78, 5) is 23.0. The molecule has 1 aromatic carbocycles. The summed E-state index contributed by atoms with van der Waals surface area (Å²) in [5, 5.41) is 14.0. The van der Waals surface area contributed by atoms with E-state index in [1.54, 1.807) is 11.3 Å². The molecule has 1 N–H and O–H groups in total. The monoisotopic (exact) mass is 408 g/mol. The Kier molecular flexibility index (Phi) is 5.60. The highest BCUT2D eigenvalue weighted by atomic mass is 32.2. The van der Waals surface area contributed by atoms with Gasteiger partial charge in [-0.2, -0.15) is 5.26 Å². The molecule has 0 saturated carbocycles. The first-order valence-corrected chi connectivity index (χ1v) is 11.2. The quantitative estimate of drug-likeness (QED) is 0.492. The van der Waals surface area contributed by atoms with Crippen LogP contribution in [0.3, 0.4) is 0 Å². The van der Waals surface area contributed by atoms with Gasteiger partial charge in [0.2, 0.25) is 5.91 Å². The van der Waals surface area contributed by atoms with E-state index in [0.717, 1.165) is 53.0 Å². The largest absolute Gasteiger partial charge is 0.316 e. The van der Waals surface area contributed by atoms with Crippen molar-refractivity contribution in [3.63, 3.8) is 0 Å². The number of aromatic nitrogens is 2. The smallest absolute Gasteiger partial charge is 0.235 e. The van der Waals surface area contributed by atoms with Crippen LogP contribution < -0.4 is 5.32 Å². The normalized spacial score (nSPS) is 13.6. The lowest BCUT2D eigenvalue weighted by atomic mass is 10.1. The van der Waals surface area contributed by atoms with Gasteiger partial charge < -0.3 is 5.32 Å². The molecule has 1 amide bonds. The van der Waals surface area contributed by atoms with E-state index < -0.39 is 0 Å². The molecule has 1 aliphatic rings. The van der Waals surface area contributed by atoms with Gasteiger partial charge in [0.1, 0.15) is 16.1 Å². The summed E-state index contributed by atoms with van der Waals surface area (Å²) in [7, 11) is 0. The molecular weight excluding hydrogens is 388 g/mol. The summed E-state index contributed by atoms with van der Waals surface area (Å²) in [6, 6.07) is 10.0. The van der Waals surface area contributed by atoms with Crippen LogP contribution in [0.4, 0.5) is 5.00 Å². The van der Waals surface area contributed by atoms with E-state index in [9.17, 15) is 10.1 Å². The minimum atomic E-state index is -0.118. The Hall–Kier alpha value is -2.43. The van der Waals surface area contributed by atoms with Crippen molar-refractivity contribution in [2.45, 2.75) is 44.1 Å². The number of amides is 1. The number of nitriles is 1. The molecule has 0 radical (unpaired) electrons. The van der Waals surface area contributed by atoms with Gasteiger partial charge in [0.25, 0.3) is 0 Å². The number of rotatable bonds is 4.